The molecule has 0 fully saturated rings. The SMILES string of the molecule is CCc1ccnc2c1ccc1ccc(CCC3=NCCc4c(C)cnc(C)c4N3)nc12. The van der Waals surface area contributed by atoms with Gasteiger partial charge in [-0.25, -0.2) is 0 Å². The highest BCUT2D eigenvalue weighted by Gasteiger charge is 2.16. The predicted octanol–water partition coefficient (Wildman–Crippen LogP) is 5.36. The highest BCUT2D eigenvalue weighted by Crippen LogP contribution is 2.27. The van der Waals surface area contributed by atoms with Crippen LogP contribution in [0.3, 0.4) is 0 Å². The molecule has 0 saturated heterocycles. The number of nitrogens with one attached hydrogen (secondary N) is 1. The van der Waals surface area contributed by atoms with Crippen molar-refractivity contribution in [3.8, 4) is 0 Å². The molecule has 1 N–H and O–H groups in total. The number of nitrogens with zero attached hydrogens (tertiary/aromatic N) is 4. The second-order valence-corrected chi connectivity index (χ2v) is 8.24. The monoisotopic (exact) mass is 409 g/mol. The van der Waals surface area contributed by atoms with E-state index in [1.54, 1.807) is 0 Å². The number of aryl methyl sites for hydroxylation is 4. The largest absolute Gasteiger partial charge is 0.342 e. The van der Waals surface area contributed by atoms with Crippen molar-refractivity contribution in [2.75, 3.05) is 11.9 Å². The van der Waals surface area contributed by atoms with E-state index in [2.05, 4.69) is 66.4 Å². The molecule has 1 aliphatic rings. The molecule has 0 spiro atoms. The Hall–Kier alpha value is -3.34. The van der Waals surface area contributed by atoms with E-state index in [4.69, 9.17) is 9.98 Å². The number of anilines is 1. The number of benzene rings is 1. The van der Waals surface area contributed by atoms with E-state index in [9.17, 15) is 0 Å². The Morgan fingerprint density at radius 3 is 2.71 bits per heavy atom. The summed E-state index contributed by atoms with van der Waals surface area (Å²) in [5.74, 6) is 1.01. The lowest BCUT2D eigenvalue weighted by molar-refractivity contribution is 0.939. The summed E-state index contributed by atoms with van der Waals surface area (Å²) in [5, 5.41) is 5.90. The molecule has 0 atom stereocenters. The van der Waals surface area contributed by atoms with E-state index in [1.165, 1.54) is 22.1 Å². The van der Waals surface area contributed by atoms with Crippen LogP contribution in [0.1, 0.15) is 41.4 Å². The molecule has 4 heterocycles. The zero-order valence-corrected chi connectivity index (χ0v) is 18.4. The number of aromatic nitrogens is 3. The highest BCUT2D eigenvalue weighted by molar-refractivity contribution is 6.04. The first-order valence-corrected chi connectivity index (χ1v) is 11.1. The summed E-state index contributed by atoms with van der Waals surface area (Å²) >= 11 is 0. The number of fused-ring (bicyclic) bond motifs is 4. The molecule has 156 valence electrons. The molecular weight excluding hydrogens is 382 g/mol. The number of hydrogen-bond donors (Lipinski definition) is 1. The molecule has 0 unspecified atom stereocenters. The minimum absolute atomic E-state index is 0.805. The van der Waals surface area contributed by atoms with E-state index in [1.807, 2.05) is 12.4 Å². The smallest absolute Gasteiger partial charge is 0.101 e. The second-order valence-electron chi connectivity index (χ2n) is 8.24. The number of hydrogen-bond acceptors (Lipinski definition) is 5. The van der Waals surface area contributed by atoms with Crippen molar-refractivity contribution in [1.29, 1.82) is 0 Å². The van der Waals surface area contributed by atoms with Crippen molar-refractivity contribution in [1.82, 2.24) is 15.0 Å². The van der Waals surface area contributed by atoms with Gasteiger partial charge in [0.05, 0.1) is 22.4 Å². The van der Waals surface area contributed by atoms with Gasteiger partial charge < -0.3 is 5.32 Å². The quantitative estimate of drug-likeness (QED) is 0.461. The van der Waals surface area contributed by atoms with Gasteiger partial charge in [0.25, 0.3) is 0 Å². The van der Waals surface area contributed by atoms with Crippen LogP contribution < -0.4 is 5.32 Å². The molecule has 5 heteroatoms. The first kappa shape index (κ1) is 19.6. The van der Waals surface area contributed by atoms with Crippen LogP contribution in [0.25, 0.3) is 21.8 Å². The van der Waals surface area contributed by atoms with Gasteiger partial charge in [0, 0.05) is 41.8 Å². The Kier molecular flexibility index (Phi) is 5.10. The fraction of sp³-hybridized carbons (Fsp3) is 0.308. The van der Waals surface area contributed by atoms with Crippen molar-refractivity contribution in [2.45, 2.75) is 46.5 Å². The molecule has 0 radical (unpaired) electrons. The maximum absolute atomic E-state index is 5.00. The van der Waals surface area contributed by atoms with E-state index in [0.717, 1.165) is 71.6 Å². The molecule has 0 saturated carbocycles. The maximum Gasteiger partial charge on any atom is 0.101 e. The van der Waals surface area contributed by atoms with Crippen LogP contribution in [0.5, 0.6) is 0 Å². The average molecular weight is 410 g/mol. The fourth-order valence-electron chi connectivity index (χ4n) is 4.46. The summed E-state index contributed by atoms with van der Waals surface area (Å²) in [6, 6.07) is 10.7. The number of aliphatic imine (C=N–C) groups is 1. The Labute approximate surface area is 182 Å². The number of rotatable bonds is 4. The van der Waals surface area contributed by atoms with Gasteiger partial charge in [-0.1, -0.05) is 25.1 Å². The van der Waals surface area contributed by atoms with Crippen LogP contribution in [0.2, 0.25) is 0 Å². The van der Waals surface area contributed by atoms with Gasteiger partial charge in [-0.15, -0.1) is 0 Å². The topological polar surface area (TPSA) is 63.1 Å². The standard InChI is InChI=1S/C26H27N5/c1-4-18-11-13-28-26-22(18)9-6-19-5-7-20(30-25(19)26)8-10-23-27-14-12-21-16(2)15-29-17(3)24(21)31-23/h5-7,9,11,13,15H,4,8,10,12,14H2,1-3H3,(H,27,31). The van der Waals surface area contributed by atoms with Crippen molar-refractivity contribution in [3.05, 3.63) is 70.8 Å². The van der Waals surface area contributed by atoms with Crippen molar-refractivity contribution < 1.29 is 0 Å². The van der Waals surface area contributed by atoms with Gasteiger partial charge in [0.2, 0.25) is 0 Å². The lowest BCUT2D eigenvalue weighted by atomic mass is 10.0. The van der Waals surface area contributed by atoms with E-state index < -0.39 is 0 Å². The lowest BCUT2D eigenvalue weighted by Crippen LogP contribution is -2.15. The summed E-state index contributed by atoms with van der Waals surface area (Å²) < 4.78 is 0. The molecule has 0 aliphatic carbocycles. The normalized spacial score (nSPS) is 13.6. The Morgan fingerprint density at radius 1 is 0.968 bits per heavy atom. The van der Waals surface area contributed by atoms with Crippen LogP contribution in [0.15, 0.2) is 47.7 Å². The van der Waals surface area contributed by atoms with Gasteiger partial charge in [-0.3, -0.25) is 19.9 Å². The summed E-state index contributed by atoms with van der Waals surface area (Å²) in [4.78, 5) is 19.0. The molecule has 1 aromatic carbocycles. The summed E-state index contributed by atoms with van der Waals surface area (Å²) in [5.41, 5.74) is 9.09. The summed E-state index contributed by atoms with van der Waals surface area (Å²) in [7, 11) is 0. The molecule has 5 rings (SSSR count). The minimum atomic E-state index is 0.805. The van der Waals surface area contributed by atoms with Crippen molar-refractivity contribution in [2.24, 2.45) is 4.99 Å². The van der Waals surface area contributed by atoms with Gasteiger partial charge in [0.1, 0.15) is 5.84 Å². The molecule has 5 nitrogen and oxygen atoms in total. The summed E-state index contributed by atoms with van der Waals surface area (Å²) in [6.07, 6.45) is 7.46. The molecule has 4 aromatic rings. The van der Waals surface area contributed by atoms with Crippen molar-refractivity contribution >= 4 is 33.3 Å². The molecule has 1 aliphatic heterocycles. The molecule has 31 heavy (non-hydrogen) atoms. The predicted molar refractivity (Wildman–Crippen MR) is 128 cm³/mol. The first-order chi connectivity index (χ1) is 15.1. The first-order valence-electron chi connectivity index (χ1n) is 11.1. The highest BCUT2D eigenvalue weighted by atomic mass is 15.0. The fourth-order valence-corrected chi connectivity index (χ4v) is 4.46. The minimum Gasteiger partial charge on any atom is -0.342 e. The van der Waals surface area contributed by atoms with Gasteiger partial charge in [0.15, 0.2) is 0 Å². The van der Waals surface area contributed by atoms with E-state index in [0.29, 0.717) is 0 Å². The van der Waals surface area contributed by atoms with Crippen LogP contribution in [-0.4, -0.2) is 27.3 Å². The maximum atomic E-state index is 5.00. The van der Waals surface area contributed by atoms with Gasteiger partial charge in [-0.05, 0) is 61.9 Å². The molecular formula is C26H27N5. The molecule has 3 aromatic heterocycles. The van der Waals surface area contributed by atoms with Gasteiger partial charge in [-0.2, -0.15) is 0 Å². The van der Waals surface area contributed by atoms with Crippen molar-refractivity contribution in [3.63, 3.8) is 0 Å². The van der Waals surface area contributed by atoms with Crippen LogP contribution >= 0.6 is 0 Å². The van der Waals surface area contributed by atoms with E-state index in [-0.39, 0.29) is 0 Å². The zero-order valence-electron chi connectivity index (χ0n) is 18.4. The van der Waals surface area contributed by atoms with Crippen LogP contribution in [-0.2, 0) is 19.3 Å². The third-order valence-corrected chi connectivity index (χ3v) is 6.24. The number of pyridine rings is 3. The van der Waals surface area contributed by atoms with E-state index >= 15 is 0 Å². The van der Waals surface area contributed by atoms with Crippen LogP contribution in [0, 0.1) is 13.8 Å². The Morgan fingerprint density at radius 2 is 1.84 bits per heavy atom. The average Bonchev–Trinajstić information content (AvgIpc) is 3.03. The zero-order chi connectivity index (χ0) is 21.4. The Balaban J connectivity index is 1.42. The third kappa shape index (κ3) is 3.65. The van der Waals surface area contributed by atoms with Crippen LogP contribution in [0.4, 0.5) is 5.69 Å². The Bertz CT molecular complexity index is 1320. The molecule has 0 bridgehead atoms. The third-order valence-electron chi connectivity index (χ3n) is 6.24. The second kappa shape index (κ2) is 8.06. The van der Waals surface area contributed by atoms with Gasteiger partial charge >= 0.3 is 0 Å². The summed E-state index contributed by atoms with van der Waals surface area (Å²) in [6.45, 7) is 7.17. The molecule has 0 amide bonds. The lowest BCUT2D eigenvalue weighted by Gasteiger charge is -2.14. The number of amidine groups is 1.